The third-order valence-corrected chi connectivity index (χ3v) is 4.26. The zero-order valence-electron chi connectivity index (χ0n) is 10.3. The fraction of sp³-hybridized carbons (Fsp3) is 0.167. The minimum Gasteiger partial charge on any atom is -0.263 e. The number of nitrogens with one attached hydrogen (secondary N) is 1. The first kappa shape index (κ1) is 15.0. The summed E-state index contributed by atoms with van der Waals surface area (Å²) >= 11 is 11.3. The van der Waals surface area contributed by atoms with Crippen LogP contribution in [0.4, 0.5) is 5.82 Å². The molecule has 0 spiro atoms. The molecule has 0 atom stereocenters. The number of aryl methyl sites for hydroxylation is 1. The van der Waals surface area contributed by atoms with Crippen molar-refractivity contribution in [3.63, 3.8) is 0 Å². The van der Waals surface area contributed by atoms with Gasteiger partial charge in [-0.25, -0.2) is 18.4 Å². The highest BCUT2D eigenvalue weighted by Gasteiger charge is 2.14. The average molecular weight is 332 g/mol. The molecule has 0 amide bonds. The van der Waals surface area contributed by atoms with Crippen LogP contribution in [0.5, 0.6) is 0 Å². The molecular formula is C12H11Cl2N3O2S. The second kappa shape index (κ2) is 6.39. The molecule has 2 rings (SSSR count). The maximum Gasteiger partial charge on any atom is 0.263 e. The minimum absolute atomic E-state index is 0.120. The first-order valence-electron chi connectivity index (χ1n) is 5.66. The van der Waals surface area contributed by atoms with Gasteiger partial charge in [0.15, 0.2) is 0 Å². The highest BCUT2D eigenvalue weighted by Crippen LogP contribution is 2.16. The number of alkyl halides is 1. The van der Waals surface area contributed by atoms with Gasteiger partial charge in [-0.05, 0) is 24.1 Å². The van der Waals surface area contributed by atoms with E-state index in [0.717, 1.165) is 5.56 Å². The van der Waals surface area contributed by atoms with Crippen LogP contribution in [-0.2, 0) is 16.4 Å². The Kier molecular flexibility index (Phi) is 4.80. The number of rotatable bonds is 5. The van der Waals surface area contributed by atoms with E-state index in [1.807, 2.05) is 0 Å². The lowest BCUT2D eigenvalue weighted by Crippen LogP contribution is -2.14. The number of halogens is 2. The molecule has 106 valence electrons. The van der Waals surface area contributed by atoms with Crippen molar-refractivity contribution >= 4 is 39.0 Å². The second-order valence-electron chi connectivity index (χ2n) is 3.91. The van der Waals surface area contributed by atoms with E-state index >= 15 is 0 Å². The topological polar surface area (TPSA) is 72.0 Å². The van der Waals surface area contributed by atoms with Crippen molar-refractivity contribution < 1.29 is 8.42 Å². The standard InChI is InChI=1S/C12H11Cl2N3O2S/c13-6-5-9-1-3-10(4-2-9)20(18,19)17-12-7-11(14)15-8-16-12/h1-4,7-8H,5-6H2,(H,15,16,17). The summed E-state index contributed by atoms with van der Waals surface area (Å²) in [6, 6.07) is 7.83. The Morgan fingerprint density at radius 2 is 1.85 bits per heavy atom. The van der Waals surface area contributed by atoms with Crippen LogP contribution in [0.25, 0.3) is 0 Å². The van der Waals surface area contributed by atoms with E-state index in [4.69, 9.17) is 23.2 Å². The predicted molar refractivity (Wildman–Crippen MR) is 78.7 cm³/mol. The van der Waals surface area contributed by atoms with Crippen LogP contribution in [-0.4, -0.2) is 24.3 Å². The van der Waals surface area contributed by atoms with E-state index in [9.17, 15) is 8.42 Å². The summed E-state index contributed by atoms with van der Waals surface area (Å²) in [4.78, 5) is 7.62. The highest BCUT2D eigenvalue weighted by atomic mass is 35.5. The molecule has 0 bridgehead atoms. The summed E-state index contributed by atoms with van der Waals surface area (Å²) < 4.78 is 26.6. The number of nitrogens with zero attached hydrogens (tertiary/aromatic N) is 2. The zero-order valence-corrected chi connectivity index (χ0v) is 12.6. The average Bonchev–Trinajstić information content (AvgIpc) is 2.39. The largest absolute Gasteiger partial charge is 0.263 e. The van der Waals surface area contributed by atoms with Crippen LogP contribution in [0.2, 0.25) is 5.15 Å². The van der Waals surface area contributed by atoms with Gasteiger partial charge in [0, 0.05) is 11.9 Å². The normalized spacial score (nSPS) is 11.3. The van der Waals surface area contributed by atoms with Gasteiger partial charge in [0.25, 0.3) is 10.0 Å². The molecule has 1 aromatic heterocycles. The minimum atomic E-state index is -3.69. The molecule has 20 heavy (non-hydrogen) atoms. The monoisotopic (exact) mass is 331 g/mol. The molecule has 1 N–H and O–H groups in total. The van der Waals surface area contributed by atoms with Crippen LogP contribution in [0.1, 0.15) is 5.56 Å². The van der Waals surface area contributed by atoms with Crippen LogP contribution < -0.4 is 4.72 Å². The highest BCUT2D eigenvalue weighted by molar-refractivity contribution is 7.92. The van der Waals surface area contributed by atoms with E-state index in [-0.39, 0.29) is 15.9 Å². The van der Waals surface area contributed by atoms with E-state index in [1.165, 1.54) is 24.5 Å². The third-order valence-electron chi connectivity index (χ3n) is 2.49. The van der Waals surface area contributed by atoms with Crippen molar-refractivity contribution in [1.29, 1.82) is 0 Å². The van der Waals surface area contributed by atoms with Crippen LogP contribution in [0, 0.1) is 0 Å². The zero-order chi connectivity index (χ0) is 14.6. The summed E-state index contributed by atoms with van der Waals surface area (Å²) in [5.41, 5.74) is 0.976. The lowest BCUT2D eigenvalue weighted by molar-refractivity contribution is 0.601. The van der Waals surface area contributed by atoms with E-state index < -0.39 is 10.0 Å². The summed E-state index contributed by atoms with van der Waals surface area (Å²) in [6.07, 6.45) is 1.88. The molecule has 1 aromatic carbocycles. The molecule has 0 saturated heterocycles. The molecule has 2 aromatic rings. The number of anilines is 1. The molecule has 5 nitrogen and oxygen atoms in total. The van der Waals surface area contributed by atoms with Gasteiger partial charge in [-0.2, -0.15) is 0 Å². The fourth-order valence-corrected chi connectivity index (χ4v) is 2.89. The van der Waals surface area contributed by atoms with Crippen molar-refractivity contribution in [2.45, 2.75) is 11.3 Å². The predicted octanol–water partition coefficient (Wildman–Crippen LogP) is 2.71. The smallest absolute Gasteiger partial charge is 0.263 e. The molecule has 0 radical (unpaired) electrons. The SMILES string of the molecule is O=S(=O)(Nc1cc(Cl)ncn1)c1ccc(CCCl)cc1. The Bertz CT molecular complexity index is 690. The van der Waals surface area contributed by atoms with Crippen molar-refractivity contribution in [3.8, 4) is 0 Å². The van der Waals surface area contributed by atoms with Gasteiger partial charge < -0.3 is 0 Å². The Balaban J connectivity index is 2.21. The number of hydrogen-bond acceptors (Lipinski definition) is 4. The van der Waals surface area contributed by atoms with Crippen LogP contribution in [0.3, 0.4) is 0 Å². The van der Waals surface area contributed by atoms with Gasteiger partial charge >= 0.3 is 0 Å². The number of hydrogen-bond donors (Lipinski definition) is 1. The van der Waals surface area contributed by atoms with Gasteiger partial charge in [0.1, 0.15) is 17.3 Å². The summed E-state index contributed by atoms with van der Waals surface area (Å²) in [6.45, 7) is 0. The summed E-state index contributed by atoms with van der Waals surface area (Å²) in [7, 11) is -3.69. The Hall–Kier alpha value is -1.37. The number of sulfonamides is 1. The van der Waals surface area contributed by atoms with Crippen molar-refractivity contribution in [3.05, 3.63) is 47.4 Å². The molecule has 0 saturated carbocycles. The van der Waals surface area contributed by atoms with Gasteiger partial charge in [-0.15, -0.1) is 11.6 Å². The molecule has 0 aliphatic heterocycles. The number of aromatic nitrogens is 2. The Morgan fingerprint density at radius 3 is 2.45 bits per heavy atom. The van der Waals surface area contributed by atoms with Gasteiger partial charge in [0.2, 0.25) is 0 Å². The first-order chi connectivity index (χ1) is 9.51. The van der Waals surface area contributed by atoms with E-state index in [2.05, 4.69) is 14.7 Å². The molecule has 0 aliphatic rings. The molecule has 1 heterocycles. The molecule has 8 heteroatoms. The maximum absolute atomic E-state index is 12.1. The Labute approximate surface area is 127 Å². The molecule has 0 unspecified atom stereocenters. The van der Waals surface area contributed by atoms with E-state index in [1.54, 1.807) is 12.1 Å². The van der Waals surface area contributed by atoms with Crippen LogP contribution >= 0.6 is 23.2 Å². The van der Waals surface area contributed by atoms with Crippen molar-refractivity contribution in [1.82, 2.24) is 9.97 Å². The van der Waals surface area contributed by atoms with Crippen LogP contribution in [0.15, 0.2) is 41.6 Å². The quantitative estimate of drug-likeness (QED) is 0.675. The molecule has 0 fully saturated rings. The van der Waals surface area contributed by atoms with Gasteiger partial charge in [-0.1, -0.05) is 23.7 Å². The Morgan fingerprint density at radius 1 is 1.15 bits per heavy atom. The van der Waals surface area contributed by atoms with Crippen molar-refractivity contribution in [2.24, 2.45) is 0 Å². The first-order valence-corrected chi connectivity index (χ1v) is 8.06. The summed E-state index contributed by atoms with van der Waals surface area (Å²) in [5, 5.41) is 0.162. The van der Waals surface area contributed by atoms with Gasteiger partial charge in [-0.3, -0.25) is 4.72 Å². The second-order valence-corrected chi connectivity index (χ2v) is 6.36. The van der Waals surface area contributed by atoms with E-state index in [0.29, 0.717) is 12.3 Å². The lowest BCUT2D eigenvalue weighted by atomic mass is 10.2. The third kappa shape index (κ3) is 3.82. The lowest BCUT2D eigenvalue weighted by Gasteiger charge is -2.07. The fourth-order valence-electron chi connectivity index (χ4n) is 1.53. The number of benzene rings is 1. The van der Waals surface area contributed by atoms with Crippen molar-refractivity contribution in [2.75, 3.05) is 10.6 Å². The molecule has 0 aliphatic carbocycles. The van der Waals surface area contributed by atoms with Gasteiger partial charge in [0.05, 0.1) is 4.90 Å². The summed E-state index contributed by atoms with van der Waals surface area (Å²) in [5.74, 6) is 0.610. The maximum atomic E-state index is 12.1. The molecular weight excluding hydrogens is 321 g/mol.